The summed E-state index contributed by atoms with van der Waals surface area (Å²) in [6.45, 7) is 2.90. The molecule has 2 rings (SSSR count). The minimum absolute atomic E-state index is 0.272. The summed E-state index contributed by atoms with van der Waals surface area (Å²) < 4.78 is 24.2. The van der Waals surface area contributed by atoms with Crippen molar-refractivity contribution in [1.29, 1.82) is 0 Å². The normalized spacial score (nSPS) is 10.7. The topological polar surface area (TPSA) is 42.5 Å². The fraction of sp³-hybridized carbons (Fsp3) is 0.368. The molecule has 2 aromatic carbocycles. The van der Waals surface area contributed by atoms with Crippen LogP contribution in [0.15, 0.2) is 36.4 Å². The first-order chi connectivity index (χ1) is 12.1. The van der Waals surface area contributed by atoms with Gasteiger partial charge >= 0.3 is 0 Å². The minimum atomic E-state index is -0.272. The van der Waals surface area contributed by atoms with Crippen molar-refractivity contribution in [1.82, 2.24) is 10.6 Å². The predicted octanol–water partition coefficient (Wildman–Crippen LogP) is 3.77. The lowest BCUT2D eigenvalue weighted by molar-refractivity contribution is 0.284. The van der Waals surface area contributed by atoms with Crippen molar-refractivity contribution in [2.75, 3.05) is 27.2 Å². The lowest BCUT2D eigenvalue weighted by Gasteiger charge is -2.15. The molecule has 0 radical (unpaired) electrons. The van der Waals surface area contributed by atoms with Crippen LogP contribution < -0.4 is 20.1 Å². The number of hydrogen-bond acceptors (Lipinski definition) is 4. The van der Waals surface area contributed by atoms with E-state index in [1.807, 2.05) is 19.2 Å². The van der Waals surface area contributed by atoms with Crippen molar-refractivity contribution in [3.63, 3.8) is 0 Å². The number of methoxy groups -OCH3 is 1. The Morgan fingerprint density at radius 1 is 1.08 bits per heavy atom. The van der Waals surface area contributed by atoms with E-state index < -0.39 is 0 Å². The summed E-state index contributed by atoms with van der Waals surface area (Å²) in [5.74, 6) is 0.806. The van der Waals surface area contributed by atoms with Crippen LogP contribution in [0, 0.1) is 5.82 Å². The van der Waals surface area contributed by atoms with E-state index in [9.17, 15) is 4.39 Å². The number of hydrogen-bond donors (Lipinski definition) is 2. The second kappa shape index (κ2) is 10.2. The lowest BCUT2D eigenvalue weighted by atomic mass is 10.2. The molecule has 0 aliphatic rings. The minimum Gasteiger partial charge on any atom is -0.493 e. The van der Waals surface area contributed by atoms with E-state index in [2.05, 4.69) is 10.6 Å². The van der Waals surface area contributed by atoms with Crippen molar-refractivity contribution in [2.45, 2.75) is 19.6 Å². The molecule has 0 unspecified atom stereocenters. The number of nitrogens with one attached hydrogen (secondary N) is 2. The van der Waals surface area contributed by atoms with Gasteiger partial charge in [0.2, 0.25) is 0 Å². The van der Waals surface area contributed by atoms with Gasteiger partial charge in [0.05, 0.1) is 12.1 Å². The summed E-state index contributed by atoms with van der Waals surface area (Å²) >= 11 is 6.36. The summed E-state index contributed by atoms with van der Waals surface area (Å²) in [6, 6.07) is 9.95. The Balaban J connectivity index is 1.99. The van der Waals surface area contributed by atoms with Gasteiger partial charge in [0.25, 0.3) is 0 Å². The lowest BCUT2D eigenvalue weighted by Crippen LogP contribution is -2.19. The van der Waals surface area contributed by atoms with Gasteiger partial charge in [0.1, 0.15) is 12.4 Å². The maximum Gasteiger partial charge on any atom is 0.180 e. The van der Waals surface area contributed by atoms with Crippen molar-refractivity contribution in [3.8, 4) is 11.5 Å². The SMILES string of the molecule is CNCCCNCc1cc(Cl)c(OCc2ccc(F)cc2)c(OC)c1. The fourth-order valence-corrected chi connectivity index (χ4v) is 2.66. The third kappa shape index (κ3) is 6.20. The van der Waals surface area contributed by atoms with E-state index in [4.69, 9.17) is 21.1 Å². The van der Waals surface area contributed by atoms with Crippen LogP contribution >= 0.6 is 11.6 Å². The van der Waals surface area contributed by atoms with Gasteiger partial charge in [-0.1, -0.05) is 23.7 Å². The average Bonchev–Trinajstić information content (AvgIpc) is 2.61. The van der Waals surface area contributed by atoms with Crippen LogP contribution in [-0.2, 0) is 13.2 Å². The zero-order valence-electron chi connectivity index (χ0n) is 14.6. The molecule has 0 heterocycles. The molecule has 4 nitrogen and oxygen atoms in total. The largest absolute Gasteiger partial charge is 0.493 e. The molecule has 0 saturated heterocycles. The molecule has 0 aliphatic heterocycles. The molecular formula is C19H24ClFN2O2. The molecule has 0 amide bonds. The first-order valence-electron chi connectivity index (χ1n) is 8.23. The van der Waals surface area contributed by atoms with Crippen LogP contribution in [0.25, 0.3) is 0 Å². The maximum atomic E-state index is 13.0. The van der Waals surface area contributed by atoms with E-state index in [-0.39, 0.29) is 12.4 Å². The number of rotatable bonds is 10. The van der Waals surface area contributed by atoms with Gasteiger partial charge in [-0.15, -0.1) is 0 Å². The fourth-order valence-electron chi connectivity index (χ4n) is 2.37. The highest BCUT2D eigenvalue weighted by atomic mass is 35.5. The monoisotopic (exact) mass is 366 g/mol. The van der Waals surface area contributed by atoms with E-state index >= 15 is 0 Å². The zero-order valence-corrected chi connectivity index (χ0v) is 15.3. The Morgan fingerprint density at radius 2 is 1.84 bits per heavy atom. The highest BCUT2D eigenvalue weighted by Crippen LogP contribution is 2.37. The van der Waals surface area contributed by atoms with Crippen LogP contribution in [0.5, 0.6) is 11.5 Å². The molecule has 0 saturated carbocycles. The number of ether oxygens (including phenoxy) is 2. The van der Waals surface area contributed by atoms with Gasteiger partial charge in [-0.05, 0) is 62.0 Å². The summed E-state index contributed by atoms with van der Waals surface area (Å²) in [5.41, 5.74) is 1.88. The quantitative estimate of drug-likeness (QED) is 0.628. The molecule has 6 heteroatoms. The highest BCUT2D eigenvalue weighted by molar-refractivity contribution is 6.32. The van der Waals surface area contributed by atoms with E-state index in [1.54, 1.807) is 19.2 Å². The molecule has 0 spiro atoms. The molecule has 0 bridgehead atoms. The molecule has 0 aliphatic carbocycles. The van der Waals surface area contributed by atoms with Crippen LogP contribution in [0.2, 0.25) is 5.02 Å². The van der Waals surface area contributed by atoms with Gasteiger partial charge in [0, 0.05) is 6.54 Å². The van der Waals surface area contributed by atoms with Gasteiger partial charge in [-0.3, -0.25) is 0 Å². The van der Waals surface area contributed by atoms with Gasteiger partial charge < -0.3 is 20.1 Å². The third-order valence-electron chi connectivity index (χ3n) is 3.70. The Bertz CT molecular complexity index is 665. The number of halogens is 2. The van der Waals surface area contributed by atoms with Crippen LogP contribution in [0.3, 0.4) is 0 Å². The Kier molecular flexibility index (Phi) is 7.98. The second-order valence-corrected chi connectivity index (χ2v) is 6.07. The second-order valence-electron chi connectivity index (χ2n) is 5.66. The smallest absolute Gasteiger partial charge is 0.180 e. The molecule has 0 atom stereocenters. The van der Waals surface area contributed by atoms with Crippen molar-refractivity contribution in [2.24, 2.45) is 0 Å². The Hall–Kier alpha value is -1.82. The van der Waals surface area contributed by atoms with Gasteiger partial charge in [0.15, 0.2) is 11.5 Å². The molecule has 2 N–H and O–H groups in total. The molecular weight excluding hydrogens is 343 g/mol. The Morgan fingerprint density at radius 3 is 2.52 bits per heavy atom. The van der Waals surface area contributed by atoms with Crippen molar-refractivity contribution in [3.05, 3.63) is 58.4 Å². The van der Waals surface area contributed by atoms with Gasteiger partial charge in [-0.25, -0.2) is 4.39 Å². The molecule has 136 valence electrons. The summed E-state index contributed by atoms with van der Waals surface area (Å²) in [7, 11) is 3.52. The zero-order chi connectivity index (χ0) is 18.1. The van der Waals surface area contributed by atoms with E-state index in [0.717, 1.165) is 30.6 Å². The summed E-state index contributed by atoms with van der Waals surface area (Å²) in [6.07, 6.45) is 1.06. The van der Waals surface area contributed by atoms with Crippen LogP contribution in [0.1, 0.15) is 17.5 Å². The summed E-state index contributed by atoms with van der Waals surface area (Å²) in [4.78, 5) is 0. The Labute approximate surface area is 153 Å². The molecule has 0 fully saturated rings. The van der Waals surface area contributed by atoms with Crippen LogP contribution in [-0.4, -0.2) is 27.2 Å². The van der Waals surface area contributed by atoms with Gasteiger partial charge in [-0.2, -0.15) is 0 Å². The standard InChI is InChI=1S/C19H24ClFN2O2/c1-22-8-3-9-23-12-15-10-17(20)19(18(11-15)24-2)25-13-14-4-6-16(21)7-5-14/h4-7,10-11,22-23H,3,8-9,12-13H2,1-2H3. The first-order valence-corrected chi connectivity index (χ1v) is 8.60. The molecule has 0 aromatic heterocycles. The summed E-state index contributed by atoms with van der Waals surface area (Å²) in [5, 5.41) is 6.97. The van der Waals surface area contributed by atoms with Crippen molar-refractivity contribution < 1.29 is 13.9 Å². The number of benzene rings is 2. The van der Waals surface area contributed by atoms with Crippen molar-refractivity contribution >= 4 is 11.6 Å². The molecule has 25 heavy (non-hydrogen) atoms. The first kappa shape index (κ1) is 19.5. The third-order valence-corrected chi connectivity index (χ3v) is 3.98. The highest BCUT2D eigenvalue weighted by Gasteiger charge is 2.12. The average molecular weight is 367 g/mol. The maximum absolute atomic E-state index is 13.0. The van der Waals surface area contributed by atoms with E-state index in [1.165, 1.54) is 12.1 Å². The predicted molar refractivity (Wildman–Crippen MR) is 99.0 cm³/mol. The molecule has 2 aromatic rings. The van der Waals surface area contributed by atoms with Crippen LogP contribution in [0.4, 0.5) is 4.39 Å². The van der Waals surface area contributed by atoms with E-state index in [0.29, 0.717) is 23.1 Å².